The Hall–Kier alpha value is -2.77. The van der Waals surface area contributed by atoms with Crippen molar-refractivity contribution >= 4 is 23.0 Å². The Morgan fingerprint density at radius 3 is 2.81 bits per heavy atom. The van der Waals surface area contributed by atoms with E-state index in [-0.39, 0.29) is 40.7 Å². The van der Waals surface area contributed by atoms with Crippen LogP contribution in [0.2, 0.25) is 0 Å². The number of carbonyl (C=O) groups is 1. The summed E-state index contributed by atoms with van der Waals surface area (Å²) in [4.78, 5) is 24.3. The summed E-state index contributed by atoms with van der Waals surface area (Å²) in [6.45, 7) is -0.537. The molecule has 3 fully saturated rings. The number of hydrogen-bond acceptors (Lipinski definition) is 8. The number of terminal acetylenes is 1. The van der Waals surface area contributed by atoms with E-state index in [4.69, 9.17) is 21.6 Å². The molecule has 1 spiro atoms. The first-order valence-electron chi connectivity index (χ1n) is 11.0. The van der Waals surface area contributed by atoms with E-state index >= 15 is 0 Å². The summed E-state index contributed by atoms with van der Waals surface area (Å²) in [7, 11) is 0. The lowest BCUT2D eigenvalue weighted by Crippen LogP contribution is -2.48. The number of hydrogen-bond donors (Lipinski definition) is 2. The third kappa shape index (κ3) is 3.31. The van der Waals surface area contributed by atoms with Crippen molar-refractivity contribution < 1.29 is 23.8 Å². The Kier molecular flexibility index (Phi) is 5.06. The molecule has 0 amide bonds. The average Bonchev–Trinajstić information content (AvgIpc) is 3.34. The zero-order valence-corrected chi connectivity index (χ0v) is 17.7. The number of imidazole rings is 1. The Bertz CT molecular complexity index is 1080. The summed E-state index contributed by atoms with van der Waals surface area (Å²) in [6.07, 6.45) is 12.3. The molecule has 0 unspecified atom stereocenters. The third-order valence-corrected chi connectivity index (χ3v) is 7.36. The largest absolute Gasteiger partial charge is 0.458 e. The van der Waals surface area contributed by atoms with E-state index in [1.165, 1.54) is 43.0 Å². The number of fused-ring (bicyclic) bond motifs is 1. The fourth-order valence-corrected chi connectivity index (χ4v) is 5.59. The quantitative estimate of drug-likeness (QED) is 0.418. The first kappa shape index (κ1) is 21.1. The van der Waals surface area contributed by atoms with Crippen LogP contribution < -0.4 is 5.73 Å². The van der Waals surface area contributed by atoms with Gasteiger partial charge in [0.25, 0.3) is 0 Å². The van der Waals surface area contributed by atoms with E-state index in [2.05, 4.69) is 20.9 Å². The minimum absolute atomic E-state index is 0.0979. The molecule has 1 saturated heterocycles. The lowest BCUT2D eigenvalue weighted by atomic mass is 9.56. The Labute approximate surface area is 184 Å². The van der Waals surface area contributed by atoms with Gasteiger partial charge >= 0.3 is 12.0 Å². The van der Waals surface area contributed by atoms with Crippen LogP contribution in [0.5, 0.6) is 0 Å². The van der Waals surface area contributed by atoms with E-state index in [1.54, 1.807) is 0 Å². The average molecular weight is 443 g/mol. The Balaban J connectivity index is 1.34. The van der Waals surface area contributed by atoms with Crippen LogP contribution in [0.15, 0.2) is 6.33 Å². The van der Waals surface area contributed by atoms with Gasteiger partial charge in [0.1, 0.15) is 12.3 Å². The van der Waals surface area contributed by atoms with E-state index in [1.807, 2.05) is 0 Å². The fourth-order valence-electron chi connectivity index (χ4n) is 5.59. The Morgan fingerprint density at radius 2 is 2.12 bits per heavy atom. The number of rotatable bonds is 4. The van der Waals surface area contributed by atoms with E-state index in [0.717, 1.165) is 12.8 Å². The molecule has 1 aliphatic heterocycles. The molecule has 2 saturated carbocycles. The van der Waals surface area contributed by atoms with Crippen LogP contribution in [0.25, 0.3) is 11.2 Å². The molecule has 3 heterocycles. The maximum Gasteiger partial charge on any atom is 0.312 e. The molecule has 3 atom stereocenters. The zero-order chi connectivity index (χ0) is 22.5. The number of aliphatic hydroxyl groups excluding tert-OH is 1. The normalized spacial score (nSPS) is 29.7. The molecule has 3 aliphatic rings. The van der Waals surface area contributed by atoms with Crippen LogP contribution in [0.4, 0.5) is 10.2 Å². The molecule has 0 bridgehead atoms. The molecule has 2 aromatic rings. The molecule has 0 radical (unpaired) electrons. The van der Waals surface area contributed by atoms with Crippen molar-refractivity contribution in [2.24, 2.45) is 11.3 Å². The molecule has 10 heteroatoms. The number of nitrogens with two attached hydrogens (primary N) is 1. The molecule has 32 heavy (non-hydrogen) atoms. The van der Waals surface area contributed by atoms with Crippen LogP contribution in [-0.2, 0) is 14.3 Å². The van der Waals surface area contributed by atoms with Gasteiger partial charge in [-0.15, -0.1) is 6.42 Å². The van der Waals surface area contributed by atoms with Crippen molar-refractivity contribution in [2.75, 3.05) is 12.3 Å². The summed E-state index contributed by atoms with van der Waals surface area (Å²) in [5.41, 5.74) is 4.86. The number of nitrogen functional groups attached to an aromatic ring is 1. The molecule has 5 rings (SSSR count). The van der Waals surface area contributed by atoms with Crippen molar-refractivity contribution in [2.45, 2.75) is 69.3 Å². The molecular weight excluding hydrogens is 417 g/mol. The minimum atomic E-state index is -1.51. The van der Waals surface area contributed by atoms with Crippen molar-refractivity contribution in [1.82, 2.24) is 19.5 Å². The van der Waals surface area contributed by atoms with Crippen molar-refractivity contribution in [1.29, 1.82) is 0 Å². The lowest BCUT2D eigenvalue weighted by molar-refractivity contribution is -0.172. The molecule has 3 N–H and O–H groups in total. The number of aliphatic hydroxyl groups is 1. The second-order valence-electron chi connectivity index (χ2n) is 9.29. The van der Waals surface area contributed by atoms with Crippen molar-refractivity contribution in [3.8, 4) is 12.3 Å². The van der Waals surface area contributed by atoms with Crippen molar-refractivity contribution in [3.63, 3.8) is 0 Å². The van der Waals surface area contributed by atoms with Crippen LogP contribution in [-0.4, -0.2) is 48.9 Å². The van der Waals surface area contributed by atoms with Gasteiger partial charge in [-0.25, -0.2) is 4.98 Å². The van der Waals surface area contributed by atoms with Gasteiger partial charge < -0.3 is 20.3 Å². The number of esters is 1. The number of nitrogens with zero attached hydrogens (tertiary/aromatic N) is 4. The maximum atomic E-state index is 13.7. The number of carbonyl (C=O) groups excluding carboxylic acids is 1. The smallest absolute Gasteiger partial charge is 0.312 e. The predicted octanol–water partition coefficient (Wildman–Crippen LogP) is 2.10. The highest BCUT2D eigenvalue weighted by molar-refractivity contribution is 5.81. The van der Waals surface area contributed by atoms with Gasteiger partial charge in [0.05, 0.1) is 18.9 Å². The van der Waals surface area contributed by atoms with Crippen LogP contribution in [0.3, 0.4) is 0 Å². The zero-order valence-electron chi connectivity index (χ0n) is 17.7. The van der Waals surface area contributed by atoms with Crippen LogP contribution in [0, 0.1) is 29.8 Å². The third-order valence-electron chi connectivity index (χ3n) is 7.36. The highest BCUT2D eigenvalue weighted by Crippen LogP contribution is 2.55. The number of anilines is 1. The predicted molar refractivity (Wildman–Crippen MR) is 111 cm³/mol. The first-order valence-corrected chi connectivity index (χ1v) is 11.0. The van der Waals surface area contributed by atoms with Gasteiger partial charge in [-0.3, -0.25) is 9.36 Å². The standard InChI is InChI=1S/C22H26FN5O4/c1-2-22(11-29)14(31-19(30)13-9-21(10-13)6-4-3-5-7-21)8-15(32-22)28-12-25-16-17(24)26-20(23)27-18(16)28/h1,12-15,29H,3-11H2,(H2,24,26,27)/t14-,15+,22+/m0/s1. The maximum absolute atomic E-state index is 13.7. The van der Waals surface area contributed by atoms with Gasteiger partial charge in [-0.05, 0) is 31.1 Å². The monoisotopic (exact) mass is 443 g/mol. The number of halogens is 1. The highest BCUT2D eigenvalue weighted by Gasteiger charge is 2.53. The second kappa shape index (κ2) is 7.67. The minimum Gasteiger partial charge on any atom is -0.458 e. The summed E-state index contributed by atoms with van der Waals surface area (Å²) >= 11 is 0. The van der Waals surface area contributed by atoms with Crippen LogP contribution in [0.1, 0.15) is 57.6 Å². The second-order valence-corrected chi connectivity index (χ2v) is 9.29. The molecule has 2 aromatic heterocycles. The molecular formula is C22H26FN5O4. The topological polar surface area (TPSA) is 125 Å². The van der Waals surface area contributed by atoms with Crippen LogP contribution >= 0.6 is 0 Å². The number of ether oxygens (including phenoxy) is 2. The highest BCUT2D eigenvalue weighted by atomic mass is 19.1. The van der Waals surface area contributed by atoms with Gasteiger partial charge in [0, 0.05) is 6.42 Å². The molecule has 170 valence electrons. The van der Waals surface area contributed by atoms with Gasteiger partial charge in [0.15, 0.2) is 22.6 Å². The summed E-state index contributed by atoms with van der Waals surface area (Å²) in [5.74, 6) is 1.90. The van der Waals surface area contributed by atoms with E-state index in [9.17, 15) is 14.3 Å². The van der Waals surface area contributed by atoms with Gasteiger partial charge in [-0.2, -0.15) is 14.4 Å². The summed E-state index contributed by atoms with van der Waals surface area (Å²) < 4.78 is 27.0. The van der Waals surface area contributed by atoms with Gasteiger partial charge in [0.2, 0.25) is 0 Å². The molecule has 0 aromatic carbocycles. The lowest BCUT2D eigenvalue weighted by Gasteiger charge is -2.49. The summed E-state index contributed by atoms with van der Waals surface area (Å²) in [6, 6.07) is 0. The van der Waals surface area contributed by atoms with E-state index < -0.39 is 30.6 Å². The number of aromatic nitrogens is 4. The van der Waals surface area contributed by atoms with Crippen molar-refractivity contribution in [3.05, 3.63) is 12.4 Å². The Morgan fingerprint density at radius 1 is 1.38 bits per heavy atom. The molecule has 2 aliphatic carbocycles. The van der Waals surface area contributed by atoms with Gasteiger partial charge in [-0.1, -0.05) is 25.2 Å². The fraction of sp³-hybridized carbons (Fsp3) is 0.636. The first-order chi connectivity index (χ1) is 15.4. The van der Waals surface area contributed by atoms with E-state index in [0.29, 0.717) is 0 Å². The molecule has 9 nitrogen and oxygen atoms in total. The summed E-state index contributed by atoms with van der Waals surface area (Å²) in [5, 5.41) is 10.0. The SMILES string of the molecule is C#C[C@]1(CO)O[C@@H](n2cnc3c(N)nc(F)nc32)C[C@@H]1OC(=O)C1CC2(CCCCC2)C1.